The maximum atomic E-state index is 12.5. The first-order chi connectivity index (χ1) is 11.1. The van der Waals surface area contributed by atoms with E-state index in [4.69, 9.17) is 9.15 Å². The molecular weight excluding hydrogens is 296 g/mol. The molecule has 0 bridgehead atoms. The molecule has 23 heavy (non-hydrogen) atoms. The maximum Gasteiger partial charge on any atom is 0.347 e. The van der Waals surface area contributed by atoms with E-state index >= 15 is 0 Å². The largest absolute Gasteiger partial charge is 0.496 e. The molecule has 2 aromatic carbocycles. The summed E-state index contributed by atoms with van der Waals surface area (Å²) in [7, 11) is 1.47. The second-order valence-electron chi connectivity index (χ2n) is 5.01. The summed E-state index contributed by atoms with van der Waals surface area (Å²) in [5.74, 6) is 0.0203. The fraction of sp³-hybridized carbons (Fsp3) is 0.111. The number of ether oxygens (including phenoxy) is 1. The molecule has 0 aliphatic rings. The van der Waals surface area contributed by atoms with Gasteiger partial charge in [0.25, 0.3) is 0 Å². The minimum atomic E-state index is -0.719. The number of benzene rings is 2. The molecule has 5 heteroatoms. The average molecular weight is 310 g/mol. The Balaban J connectivity index is 2.22. The Morgan fingerprint density at radius 2 is 1.91 bits per heavy atom. The summed E-state index contributed by atoms with van der Waals surface area (Å²) >= 11 is 0. The summed E-state index contributed by atoms with van der Waals surface area (Å²) in [6.45, 7) is -0.208. The van der Waals surface area contributed by atoms with Crippen molar-refractivity contribution in [3.63, 3.8) is 0 Å². The van der Waals surface area contributed by atoms with Crippen molar-refractivity contribution in [2.45, 2.75) is 6.61 Å². The Bertz CT molecular complexity index is 925. The van der Waals surface area contributed by atoms with Gasteiger partial charge < -0.3 is 14.3 Å². The van der Waals surface area contributed by atoms with Gasteiger partial charge in [-0.25, -0.2) is 4.79 Å². The van der Waals surface area contributed by atoms with Crippen LogP contribution in [-0.4, -0.2) is 18.0 Å². The molecule has 0 saturated heterocycles. The van der Waals surface area contributed by atoms with Gasteiger partial charge in [-0.1, -0.05) is 30.3 Å². The van der Waals surface area contributed by atoms with Crippen LogP contribution in [-0.2, 0) is 6.61 Å². The number of methoxy groups -OCH3 is 1. The normalized spacial score (nSPS) is 10.7. The maximum absolute atomic E-state index is 12.5. The van der Waals surface area contributed by atoms with Crippen LogP contribution in [0.25, 0.3) is 11.0 Å². The van der Waals surface area contributed by atoms with E-state index in [1.165, 1.54) is 13.2 Å². The molecule has 1 heterocycles. The number of carbonyl (C=O) groups excluding carboxylic acids is 1. The lowest BCUT2D eigenvalue weighted by atomic mass is 10.0. The molecule has 3 aromatic rings. The average Bonchev–Trinajstić information content (AvgIpc) is 2.60. The van der Waals surface area contributed by atoms with Crippen LogP contribution in [0.2, 0.25) is 0 Å². The number of aliphatic hydroxyl groups excluding tert-OH is 1. The summed E-state index contributed by atoms with van der Waals surface area (Å²) in [6, 6.07) is 13.2. The van der Waals surface area contributed by atoms with Crippen molar-refractivity contribution >= 4 is 16.8 Å². The van der Waals surface area contributed by atoms with E-state index in [0.29, 0.717) is 22.3 Å². The van der Waals surface area contributed by atoms with E-state index in [9.17, 15) is 14.7 Å². The molecule has 3 rings (SSSR count). The molecule has 0 spiro atoms. The third-order valence-corrected chi connectivity index (χ3v) is 3.56. The van der Waals surface area contributed by atoms with Crippen LogP contribution in [0.1, 0.15) is 21.5 Å². The fourth-order valence-corrected chi connectivity index (χ4v) is 2.40. The van der Waals surface area contributed by atoms with Gasteiger partial charge in [-0.3, -0.25) is 4.79 Å². The van der Waals surface area contributed by atoms with Gasteiger partial charge in [-0.2, -0.15) is 0 Å². The minimum Gasteiger partial charge on any atom is -0.496 e. The molecule has 0 radical (unpaired) electrons. The third kappa shape index (κ3) is 2.74. The van der Waals surface area contributed by atoms with Crippen LogP contribution in [0.5, 0.6) is 5.75 Å². The predicted octanol–water partition coefficient (Wildman–Crippen LogP) is 2.52. The number of ketones is 1. The number of hydrogen-bond donors (Lipinski definition) is 1. The predicted molar refractivity (Wildman–Crippen MR) is 84.8 cm³/mol. The fourth-order valence-electron chi connectivity index (χ4n) is 2.40. The van der Waals surface area contributed by atoms with Crippen LogP contribution in [0.4, 0.5) is 0 Å². The summed E-state index contributed by atoms with van der Waals surface area (Å²) in [5, 5.41) is 9.75. The molecule has 0 unspecified atom stereocenters. The Labute approximate surface area is 131 Å². The SMILES string of the molecule is COc1cc(CO)cc2oc(=O)c(C(=O)c3ccccc3)cc12. The highest BCUT2D eigenvalue weighted by Crippen LogP contribution is 2.28. The topological polar surface area (TPSA) is 76.7 Å². The van der Waals surface area contributed by atoms with Gasteiger partial charge in [0.05, 0.1) is 19.1 Å². The Morgan fingerprint density at radius 3 is 2.57 bits per heavy atom. The van der Waals surface area contributed by atoms with Crippen molar-refractivity contribution in [3.8, 4) is 5.75 Å². The number of hydrogen-bond acceptors (Lipinski definition) is 5. The minimum absolute atomic E-state index is 0.0567. The quantitative estimate of drug-likeness (QED) is 0.592. The summed E-state index contributed by atoms with van der Waals surface area (Å²) < 4.78 is 10.5. The lowest BCUT2D eigenvalue weighted by molar-refractivity contribution is 0.103. The molecule has 0 aliphatic carbocycles. The summed E-state index contributed by atoms with van der Waals surface area (Å²) in [6.07, 6.45) is 0. The monoisotopic (exact) mass is 310 g/mol. The zero-order valence-electron chi connectivity index (χ0n) is 12.4. The molecule has 0 atom stereocenters. The van der Waals surface area contributed by atoms with Crippen molar-refractivity contribution in [1.82, 2.24) is 0 Å². The first kappa shape index (κ1) is 15.0. The zero-order valence-corrected chi connectivity index (χ0v) is 12.4. The van der Waals surface area contributed by atoms with Crippen molar-refractivity contribution in [1.29, 1.82) is 0 Å². The Hall–Kier alpha value is -2.92. The Kier molecular flexibility index (Phi) is 3.95. The second kappa shape index (κ2) is 6.06. The highest BCUT2D eigenvalue weighted by Gasteiger charge is 2.17. The first-order valence-electron chi connectivity index (χ1n) is 6.99. The molecule has 0 amide bonds. The van der Waals surface area contributed by atoms with Gasteiger partial charge in [0, 0.05) is 5.56 Å². The number of carbonyl (C=O) groups is 1. The van der Waals surface area contributed by atoms with Gasteiger partial charge in [0.15, 0.2) is 5.78 Å². The highest BCUT2D eigenvalue weighted by molar-refractivity contribution is 6.10. The van der Waals surface area contributed by atoms with Crippen molar-refractivity contribution in [2.24, 2.45) is 0 Å². The van der Waals surface area contributed by atoms with Crippen LogP contribution in [0.15, 0.2) is 57.7 Å². The second-order valence-corrected chi connectivity index (χ2v) is 5.01. The van der Waals surface area contributed by atoms with E-state index in [2.05, 4.69) is 0 Å². The molecule has 0 aliphatic heterocycles. The lowest BCUT2D eigenvalue weighted by Crippen LogP contribution is -2.15. The van der Waals surface area contributed by atoms with E-state index in [1.54, 1.807) is 42.5 Å². The number of fused-ring (bicyclic) bond motifs is 1. The van der Waals surface area contributed by atoms with Crippen LogP contribution in [0, 0.1) is 0 Å². The number of aliphatic hydroxyl groups is 1. The molecule has 0 fully saturated rings. The van der Waals surface area contributed by atoms with E-state index in [1.807, 2.05) is 0 Å². The lowest BCUT2D eigenvalue weighted by Gasteiger charge is -2.08. The van der Waals surface area contributed by atoms with Crippen molar-refractivity contribution in [2.75, 3.05) is 7.11 Å². The van der Waals surface area contributed by atoms with Crippen molar-refractivity contribution < 1.29 is 19.1 Å². The molecule has 1 N–H and O–H groups in total. The smallest absolute Gasteiger partial charge is 0.347 e. The molecule has 0 saturated carbocycles. The number of rotatable bonds is 4. The Morgan fingerprint density at radius 1 is 1.17 bits per heavy atom. The summed E-state index contributed by atoms with van der Waals surface area (Å²) in [5.41, 5.74) is 0.454. The van der Waals surface area contributed by atoms with Crippen LogP contribution < -0.4 is 10.4 Å². The molecular formula is C18H14O5. The van der Waals surface area contributed by atoms with Gasteiger partial charge in [-0.05, 0) is 23.8 Å². The van der Waals surface area contributed by atoms with Gasteiger partial charge >= 0.3 is 5.63 Å². The highest BCUT2D eigenvalue weighted by atomic mass is 16.5. The third-order valence-electron chi connectivity index (χ3n) is 3.56. The summed E-state index contributed by atoms with van der Waals surface area (Å²) in [4.78, 5) is 24.6. The van der Waals surface area contributed by atoms with Crippen molar-refractivity contribution in [3.05, 3.63) is 75.6 Å². The van der Waals surface area contributed by atoms with Crippen LogP contribution >= 0.6 is 0 Å². The zero-order chi connectivity index (χ0) is 16.4. The first-order valence-corrected chi connectivity index (χ1v) is 6.99. The standard InChI is InChI=1S/C18H14O5/c1-22-15-7-11(10-19)8-16-13(15)9-14(18(21)23-16)17(20)12-5-3-2-4-6-12/h2-9,19H,10H2,1H3. The van der Waals surface area contributed by atoms with Crippen LogP contribution in [0.3, 0.4) is 0 Å². The van der Waals surface area contributed by atoms with E-state index < -0.39 is 11.4 Å². The van der Waals surface area contributed by atoms with Gasteiger partial charge in [-0.15, -0.1) is 0 Å². The molecule has 1 aromatic heterocycles. The van der Waals surface area contributed by atoms with E-state index in [-0.39, 0.29) is 17.8 Å². The van der Waals surface area contributed by atoms with Gasteiger partial charge in [0.1, 0.15) is 16.9 Å². The molecule has 116 valence electrons. The van der Waals surface area contributed by atoms with Gasteiger partial charge in [0.2, 0.25) is 0 Å². The molecule has 5 nitrogen and oxygen atoms in total. The van der Waals surface area contributed by atoms with E-state index in [0.717, 1.165) is 0 Å².